The number of hydrogen-bond acceptors (Lipinski definition) is 5. The minimum absolute atomic E-state index is 0.134. The van der Waals surface area contributed by atoms with Crippen LogP contribution in [0.25, 0.3) is 0 Å². The van der Waals surface area contributed by atoms with Crippen molar-refractivity contribution in [1.82, 2.24) is 5.16 Å². The predicted octanol–water partition coefficient (Wildman–Crippen LogP) is 2.62. The number of ether oxygens (including phenoxy) is 1. The van der Waals surface area contributed by atoms with Gasteiger partial charge in [0.05, 0.1) is 11.4 Å². The minimum Gasteiger partial charge on any atom is -0.479 e. The predicted molar refractivity (Wildman–Crippen MR) is 78.5 cm³/mol. The molecule has 2 N–H and O–H groups in total. The number of benzene rings is 1. The van der Waals surface area contributed by atoms with Crippen LogP contribution in [0.5, 0.6) is 5.75 Å². The Balaban J connectivity index is 1.76. The molecule has 6 nitrogen and oxygen atoms in total. The maximum Gasteiger partial charge on any atom is 0.265 e. The zero-order valence-electron chi connectivity index (χ0n) is 12.2. The van der Waals surface area contributed by atoms with Gasteiger partial charge in [0, 0.05) is 17.8 Å². The molecule has 110 valence electrons. The van der Waals surface area contributed by atoms with Crippen LogP contribution in [0.4, 0.5) is 11.4 Å². The summed E-state index contributed by atoms with van der Waals surface area (Å²) >= 11 is 0. The first kappa shape index (κ1) is 13.5. The minimum atomic E-state index is -0.460. The van der Waals surface area contributed by atoms with Crippen molar-refractivity contribution < 1.29 is 14.1 Å². The first-order chi connectivity index (χ1) is 10.0. The maximum atomic E-state index is 11.6. The van der Waals surface area contributed by atoms with E-state index in [-0.39, 0.29) is 5.91 Å². The molecular weight excluding hydrogens is 270 g/mol. The molecule has 1 atom stereocenters. The molecule has 1 unspecified atom stereocenters. The molecule has 0 spiro atoms. The highest BCUT2D eigenvalue weighted by Gasteiger charge is 2.23. The van der Waals surface area contributed by atoms with Crippen LogP contribution in [0.3, 0.4) is 0 Å². The number of carbonyl (C=O) groups excluding carboxylic acids is 1. The molecule has 6 heteroatoms. The van der Waals surface area contributed by atoms with Gasteiger partial charge in [-0.15, -0.1) is 0 Å². The largest absolute Gasteiger partial charge is 0.479 e. The second-order valence-corrected chi connectivity index (χ2v) is 5.12. The number of fused-ring (bicyclic) bond motifs is 1. The molecule has 0 aliphatic carbocycles. The number of hydrogen-bond donors (Lipinski definition) is 2. The SMILES string of the molecule is Cc1noc(C)c1CNc1ccc2c(c1)NC(=O)C(C)O2. The Kier molecular flexibility index (Phi) is 3.29. The second-order valence-electron chi connectivity index (χ2n) is 5.12. The van der Waals surface area contributed by atoms with E-state index in [2.05, 4.69) is 15.8 Å². The highest BCUT2D eigenvalue weighted by atomic mass is 16.5. The van der Waals surface area contributed by atoms with Crippen molar-refractivity contribution in [3.8, 4) is 5.75 Å². The summed E-state index contributed by atoms with van der Waals surface area (Å²) in [6, 6.07) is 5.62. The van der Waals surface area contributed by atoms with E-state index in [9.17, 15) is 4.79 Å². The molecule has 1 aromatic carbocycles. The normalized spacial score (nSPS) is 16.9. The number of nitrogens with zero attached hydrogens (tertiary/aromatic N) is 1. The van der Waals surface area contributed by atoms with Crippen LogP contribution in [0, 0.1) is 13.8 Å². The van der Waals surface area contributed by atoms with Gasteiger partial charge in [0.15, 0.2) is 6.10 Å². The lowest BCUT2D eigenvalue weighted by Crippen LogP contribution is -2.34. The molecule has 1 aliphatic heterocycles. The molecule has 0 fully saturated rings. The van der Waals surface area contributed by atoms with Gasteiger partial charge in [-0.1, -0.05) is 5.16 Å². The summed E-state index contributed by atoms with van der Waals surface area (Å²) in [7, 11) is 0. The Bertz CT molecular complexity index is 674. The van der Waals surface area contributed by atoms with Crippen molar-refractivity contribution in [1.29, 1.82) is 0 Å². The summed E-state index contributed by atoms with van der Waals surface area (Å²) in [4.78, 5) is 11.6. The zero-order chi connectivity index (χ0) is 15.0. The first-order valence-electron chi connectivity index (χ1n) is 6.82. The summed E-state index contributed by atoms with van der Waals surface area (Å²) in [6.45, 7) is 6.14. The van der Waals surface area contributed by atoms with Gasteiger partial charge in [-0.25, -0.2) is 0 Å². The van der Waals surface area contributed by atoms with Crippen LogP contribution in [0.1, 0.15) is 23.9 Å². The number of amides is 1. The van der Waals surface area contributed by atoms with Crippen LogP contribution in [-0.2, 0) is 11.3 Å². The summed E-state index contributed by atoms with van der Waals surface area (Å²) in [6.07, 6.45) is -0.460. The maximum absolute atomic E-state index is 11.6. The average Bonchev–Trinajstić information content (AvgIpc) is 2.77. The second kappa shape index (κ2) is 5.12. The molecule has 21 heavy (non-hydrogen) atoms. The molecule has 1 aliphatic rings. The third kappa shape index (κ3) is 2.56. The Morgan fingerprint density at radius 3 is 2.90 bits per heavy atom. The number of carbonyl (C=O) groups is 1. The number of anilines is 2. The van der Waals surface area contributed by atoms with Crippen LogP contribution >= 0.6 is 0 Å². The molecule has 0 bridgehead atoms. The van der Waals surface area contributed by atoms with Gasteiger partial charge in [0.1, 0.15) is 11.5 Å². The third-order valence-corrected chi connectivity index (χ3v) is 3.56. The molecule has 0 saturated heterocycles. The smallest absolute Gasteiger partial charge is 0.265 e. The van der Waals surface area contributed by atoms with E-state index in [1.807, 2.05) is 32.0 Å². The number of nitrogens with one attached hydrogen (secondary N) is 2. The average molecular weight is 287 g/mol. The fourth-order valence-electron chi connectivity index (χ4n) is 2.26. The van der Waals surface area contributed by atoms with Gasteiger partial charge in [0.2, 0.25) is 0 Å². The van der Waals surface area contributed by atoms with Crippen molar-refractivity contribution in [3.05, 3.63) is 35.2 Å². The highest BCUT2D eigenvalue weighted by Crippen LogP contribution is 2.32. The fourth-order valence-corrected chi connectivity index (χ4v) is 2.26. The lowest BCUT2D eigenvalue weighted by Gasteiger charge is -2.23. The Labute approximate surface area is 122 Å². The van der Waals surface area contributed by atoms with E-state index in [0.717, 1.165) is 22.7 Å². The van der Waals surface area contributed by atoms with E-state index >= 15 is 0 Å². The van der Waals surface area contributed by atoms with Crippen LogP contribution in [-0.4, -0.2) is 17.2 Å². The van der Waals surface area contributed by atoms with E-state index in [1.165, 1.54) is 0 Å². The number of aryl methyl sites for hydroxylation is 2. The Hall–Kier alpha value is -2.50. The molecule has 2 aromatic rings. The van der Waals surface area contributed by atoms with Gasteiger partial charge in [-0.2, -0.15) is 0 Å². The molecule has 1 aromatic heterocycles. The van der Waals surface area contributed by atoms with Gasteiger partial charge in [-0.3, -0.25) is 4.79 Å². The van der Waals surface area contributed by atoms with Crippen molar-refractivity contribution >= 4 is 17.3 Å². The topological polar surface area (TPSA) is 76.4 Å². The quantitative estimate of drug-likeness (QED) is 0.907. The monoisotopic (exact) mass is 287 g/mol. The summed E-state index contributed by atoms with van der Waals surface area (Å²) in [5.41, 5.74) is 3.50. The van der Waals surface area contributed by atoms with E-state index in [0.29, 0.717) is 18.0 Å². The van der Waals surface area contributed by atoms with Gasteiger partial charge in [-0.05, 0) is 39.0 Å². The van der Waals surface area contributed by atoms with E-state index in [4.69, 9.17) is 9.26 Å². The highest BCUT2D eigenvalue weighted by molar-refractivity contribution is 5.98. The van der Waals surface area contributed by atoms with E-state index in [1.54, 1.807) is 6.92 Å². The number of rotatable bonds is 3. The Morgan fingerprint density at radius 1 is 1.38 bits per heavy atom. The lowest BCUT2D eigenvalue weighted by molar-refractivity contribution is -0.122. The molecule has 3 rings (SSSR count). The van der Waals surface area contributed by atoms with Gasteiger partial charge < -0.3 is 19.9 Å². The fraction of sp³-hybridized carbons (Fsp3) is 0.333. The van der Waals surface area contributed by atoms with Crippen LogP contribution in [0.15, 0.2) is 22.7 Å². The first-order valence-corrected chi connectivity index (χ1v) is 6.82. The van der Waals surface area contributed by atoms with Crippen molar-refractivity contribution in [2.24, 2.45) is 0 Å². The van der Waals surface area contributed by atoms with E-state index < -0.39 is 6.10 Å². The van der Waals surface area contributed by atoms with Crippen LogP contribution in [0.2, 0.25) is 0 Å². The summed E-state index contributed by atoms with van der Waals surface area (Å²) in [5, 5.41) is 10.1. The number of aromatic nitrogens is 1. The summed E-state index contributed by atoms with van der Waals surface area (Å²) in [5.74, 6) is 1.36. The van der Waals surface area contributed by atoms with Crippen molar-refractivity contribution in [2.45, 2.75) is 33.4 Å². The summed E-state index contributed by atoms with van der Waals surface area (Å²) < 4.78 is 10.7. The van der Waals surface area contributed by atoms with Crippen molar-refractivity contribution in [2.75, 3.05) is 10.6 Å². The zero-order valence-corrected chi connectivity index (χ0v) is 12.2. The van der Waals surface area contributed by atoms with Crippen LogP contribution < -0.4 is 15.4 Å². The third-order valence-electron chi connectivity index (χ3n) is 3.56. The molecule has 1 amide bonds. The lowest BCUT2D eigenvalue weighted by atomic mass is 10.2. The molecule has 0 radical (unpaired) electrons. The molecule has 0 saturated carbocycles. The van der Waals surface area contributed by atoms with Gasteiger partial charge in [0.25, 0.3) is 5.91 Å². The molecule has 2 heterocycles. The Morgan fingerprint density at radius 2 is 2.19 bits per heavy atom. The van der Waals surface area contributed by atoms with Crippen molar-refractivity contribution in [3.63, 3.8) is 0 Å². The molecular formula is C15H17N3O3. The van der Waals surface area contributed by atoms with Gasteiger partial charge >= 0.3 is 0 Å². The standard InChI is InChI=1S/C15H17N3O3/c1-8-12(9(2)21-18-8)7-16-11-4-5-14-13(6-11)17-15(19)10(3)20-14/h4-6,10,16H,7H2,1-3H3,(H,17,19).